The molecule has 6 N–H and O–H groups in total. The number of hydrogen-bond donors (Lipinski definition) is 4. The van der Waals surface area contributed by atoms with Crippen molar-refractivity contribution in [1.29, 1.82) is 0 Å². The molecule has 1 aliphatic rings. The number of rotatable bonds is 2. The third-order valence-corrected chi connectivity index (χ3v) is 4.23. The summed E-state index contributed by atoms with van der Waals surface area (Å²) in [4.78, 5) is 29.9. The second kappa shape index (κ2) is 4.86. The lowest BCUT2D eigenvalue weighted by molar-refractivity contribution is -0.115. The number of aromatic amines is 2. The van der Waals surface area contributed by atoms with E-state index in [9.17, 15) is 9.59 Å². The largest absolute Gasteiger partial charge is 0.424 e. The zero-order chi connectivity index (χ0) is 15.1. The van der Waals surface area contributed by atoms with E-state index in [-0.39, 0.29) is 27.7 Å². The molecule has 21 heavy (non-hydrogen) atoms. The summed E-state index contributed by atoms with van der Waals surface area (Å²) in [5.74, 6) is -1.42. The van der Waals surface area contributed by atoms with E-state index in [1.54, 1.807) is 6.07 Å². The van der Waals surface area contributed by atoms with Gasteiger partial charge in [0.1, 0.15) is 0 Å². The average Bonchev–Trinajstić information content (AvgIpc) is 2.89. The Bertz CT molecular complexity index is 863. The Morgan fingerprint density at radius 2 is 2.19 bits per heavy atom. The van der Waals surface area contributed by atoms with E-state index in [0.717, 1.165) is 4.88 Å². The van der Waals surface area contributed by atoms with Crippen molar-refractivity contribution in [2.45, 2.75) is 5.92 Å². The predicted molar refractivity (Wildman–Crippen MR) is 79.4 cm³/mol. The van der Waals surface area contributed by atoms with Crippen LogP contribution in [0.3, 0.4) is 0 Å². The molecule has 3 heterocycles. The molecule has 7 nitrogen and oxygen atoms in total. The zero-order valence-electron chi connectivity index (χ0n) is 10.5. The Hall–Kier alpha value is -2.39. The summed E-state index contributed by atoms with van der Waals surface area (Å²) in [6.45, 7) is 0. The fourth-order valence-corrected chi connectivity index (χ4v) is 3.30. The molecule has 0 fully saturated rings. The number of nitrogens with one attached hydrogen (secondary N) is 2. The van der Waals surface area contributed by atoms with Gasteiger partial charge in [-0.1, -0.05) is 6.07 Å². The van der Waals surface area contributed by atoms with E-state index in [1.165, 1.54) is 11.3 Å². The van der Waals surface area contributed by atoms with Crippen LogP contribution < -0.4 is 21.8 Å². The van der Waals surface area contributed by atoms with Crippen LogP contribution in [0.1, 0.15) is 16.4 Å². The first kappa shape index (κ1) is 13.6. The molecule has 3 rings (SSSR count). The van der Waals surface area contributed by atoms with E-state index in [4.69, 9.17) is 28.4 Å². The summed E-state index contributed by atoms with van der Waals surface area (Å²) in [6.07, 6.45) is 0. The summed E-state index contributed by atoms with van der Waals surface area (Å²) in [5, 5.41) is 1.83. The van der Waals surface area contributed by atoms with Crippen molar-refractivity contribution in [3.05, 3.63) is 54.5 Å². The number of primary amides is 1. The third kappa shape index (κ3) is 2.16. The van der Waals surface area contributed by atoms with Gasteiger partial charge in [0.25, 0.3) is 11.5 Å². The molecular weight excluding hydrogens is 312 g/mol. The van der Waals surface area contributed by atoms with Crippen molar-refractivity contribution in [1.82, 2.24) is 9.97 Å². The molecular formula is C12H10N4O3S2. The lowest BCUT2D eigenvalue weighted by Gasteiger charge is -2.25. The van der Waals surface area contributed by atoms with Crippen LogP contribution in [-0.4, -0.2) is 15.9 Å². The van der Waals surface area contributed by atoms with Gasteiger partial charge in [0.05, 0.1) is 17.1 Å². The average molecular weight is 322 g/mol. The van der Waals surface area contributed by atoms with Crippen LogP contribution in [0, 0.1) is 4.77 Å². The molecule has 108 valence electrons. The molecule has 1 aliphatic heterocycles. The van der Waals surface area contributed by atoms with Crippen LogP contribution >= 0.6 is 23.6 Å². The topological polar surface area (TPSA) is 127 Å². The van der Waals surface area contributed by atoms with Gasteiger partial charge in [0.15, 0.2) is 4.77 Å². The normalized spacial score (nSPS) is 17.2. The summed E-state index contributed by atoms with van der Waals surface area (Å²) in [5.41, 5.74) is 11.0. The van der Waals surface area contributed by atoms with Gasteiger partial charge in [-0.05, 0) is 23.7 Å². The second-order valence-electron chi connectivity index (χ2n) is 4.34. The lowest BCUT2D eigenvalue weighted by atomic mass is 9.89. The Morgan fingerprint density at radius 1 is 1.43 bits per heavy atom. The number of aromatic nitrogens is 2. The number of carbonyl (C=O) groups excluding carboxylic acids is 1. The number of H-pyrrole nitrogens is 2. The number of thiophene rings is 1. The monoisotopic (exact) mass is 322 g/mol. The van der Waals surface area contributed by atoms with Crippen LogP contribution in [0.2, 0.25) is 0 Å². The SMILES string of the molecule is NC(=O)C1=C(N)Oc2[nH]c(=S)[nH]c(=O)c2C1c1cccs1. The van der Waals surface area contributed by atoms with Gasteiger partial charge in [-0.15, -0.1) is 11.3 Å². The maximum Gasteiger partial charge on any atom is 0.259 e. The number of hydrogen-bond acceptors (Lipinski definition) is 6. The molecule has 0 saturated heterocycles. The molecule has 0 spiro atoms. The van der Waals surface area contributed by atoms with Crippen molar-refractivity contribution in [3.8, 4) is 5.88 Å². The Balaban J connectivity index is 2.35. The molecule has 9 heteroatoms. The molecule has 0 bridgehead atoms. The summed E-state index contributed by atoms with van der Waals surface area (Å²) < 4.78 is 5.42. The first-order valence-electron chi connectivity index (χ1n) is 5.86. The molecule has 1 atom stereocenters. The fraction of sp³-hybridized carbons (Fsp3) is 0.0833. The number of fused-ring (bicyclic) bond motifs is 1. The van der Waals surface area contributed by atoms with Crippen molar-refractivity contribution >= 4 is 29.5 Å². The van der Waals surface area contributed by atoms with E-state index in [1.807, 2.05) is 11.4 Å². The lowest BCUT2D eigenvalue weighted by Crippen LogP contribution is -2.33. The predicted octanol–water partition coefficient (Wildman–Crippen LogP) is 0.674. The Kier molecular flexibility index (Phi) is 3.15. The van der Waals surface area contributed by atoms with E-state index in [2.05, 4.69) is 9.97 Å². The molecule has 0 saturated carbocycles. The van der Waals surface area contributed by atoms with Crippen LogP contribution in [0.5, 0.6) is 5.88 Å². The first-order valence-corrected chi connectivity index (χ1v) is 7.15. The zero-order valence-corrected chi connectivity index (χ0v) is 12.1. The summed E-state index contributed by atoms with van der Waals surface area (Å²) in [6, 6.07) is 3.60. The number of nitrogens with two attached hydrogens (primary N) is 2. The van der Waals surface area contributed by atoms with Gasteiger partial charge in [-0.2, -0.15) is 0 Å². The summed E-state index contributed by atoms with van der Waals surface area (Å²) >= 11 is 6.29. The highest BCUT2D eigenvalue weighted by molar-refractivity contribution is 7.71. The van der Waals surface area contributed by atoms with Crippen LogP contribution in [0.4, 0.5) is 0 Å². The quantitative estimate of drug-likeness (QED) is 0.604. The smallest absolute Gasteiger partial charge is 0.259 e. The van der Waals surface area contributed by atoms with Crippen LogP contribution in [0.25, 0.3) is 0 Å². The van der Waals surface area contributed by atoms with Crippen molar-refractivity contribution in [2.24, 2.45) is 11.5 Å². The minimum Gasteiger partial charge on any atom is -0.424 e. The van der Waals surface area contributed by atoms with Gasteiger partial charge in [0, 0.05) is 4.88 Å². The first-order chi connectivity index (χ1) is 9.99. The highest BCUT2D eigenvalue weighted by atomic mass is 32.1. The highest BCUT2D eigenvalue weighted by Gasteiger charge is 2.36. The van der Waals surface area contributed by atoms with Gasteiger partial charge >= 0.3 is 0 Å². The molecule has 0 aromatic carbocycles. The van der Waals surface area contributed by atoms with Gasteiger partial charge in [0.2, 0.25) is 11.8 Å². The molecule has 0 aliphatic carbocycles. The van der Waals surface area contributed by atoms with E-state index >= 15 is 0 Å². The maximum atomic E-state index is 12.2. The van der Waals surface area contributed by atoms with Crippen molar-refractivity contribution in [2.75, 3.05) is 0 Å². The van der Waals surface area contributed by atoms with Gasteiger partial charge < -0.3 is 21.2 Å². The van der Waals surface area contributed by atoms with Gasteiger partial charge in [-0.25, -0.2) is 0 Å². The fourth-order valence-electron chi connectivity index (χ4n) is 2.27. The van der Waals surface area contributed by atoms with Crippen LogP contribution in [-0.2, 0) is 4.79 Å². The van der Waals surface area contributed by atoms with Crippen molar-refractivity contribution < 1.29 is 9.53 Å². The maximum absolute atomic E-state index is 12.2. The van der Waals surface area contributed by atoms with Crippen molar-refractivity contribution in [3.63, 3.8) is 0 Å². The van der Waals surface area contributed by atoms with E-state index in [0.29, 0.717) is 0 Å². The Morgan fingerprint density at radius 3 is 2.81 bits per heavy atom. The van der Waals surface area contributed by atoms with Gasteiger partial charge in [-0.3, -0.25) is 14.6 Å². The number of carbonyl (C=O) groups is 1. The molecule has 1 amide bonds. The standard InChI is InChI=1S/C12H10N4O3S2/c13-8(17)6-5(4-2-1-3-21-4)7-10(18)15-12(20)16-11(7)19-9(6)14/h1-3,5H,14H2,(H2,13,17)(H2,15,16,18,20). The summed E-state index contributed by atoms with van der Waals surface area (Å²) in [7, 11) is 0. The third-order valence-electron chi connectivity index (χ3n) is 3.09. The number of amides is 1. The molecule has 0 radical (unpaired) electrons. The second-order valence-corrected chi connectivity index (χ2v) is 5.73. The highest BCUT2D eigenvalue weighted by Crippen LogP contribution is 2.40. The number of ether oxygens (including phenoxy) is 1. The molecule has 1 unspecified atom stereocenters. The Labute approximate surface area is 127 Å². The van der Waals surface area contributed by atoms with E-state index < -0.39 is 17.4 Å². The molecule has 2 aromatic heterocycles. The minimum atomic E-state index is -0.738. The minimum absolute atomic E-state index is 0.0565. The van der Waals surface area contributed by atoms with Crippen LogP contribution in [0.15, 0.2) is 33.8 Å². The molecule has 2 aromatic rings.